The van der Waals surface area contributed by atoms with Gasteiger partial charge in [-0.05, 0) is 32.9 Å². The van der Waals surface area contributed by atoms with E-state index in [1.165, 1.54) is 32.9 Å². The molecule has 0 aliphatic heterocycles. The van der Waals surface area contributed by atoms with Crippen molar-refractivity contribution in [2.75, 3.05) is 4.72 Å². The zero-order chi connectivity index (χ0) is 15.0. The molecule has 0 unspecified atom stereocenters. The van der Waals surface area contributed by atoms with Crippen LogP contribution in [0.25, 0.3) is 0 Å². The highest BCUT2D eigenvalue weighted by Crippen LogP contribution is 2.34. The van der Waals surface area contributed by atoms with Gasteiger partial charge < -0.3 is 5.11 Å². The van der Waals surface area contributed by atoms with Gasteiger partial charge in [0, 0.05) is 0 Å². The number of sulfonamides is 1. The van der Waals surface area contributed by atoms with Crippen LogP contribution in [0.15, 0.2) is 12.1 Å². The highest BCUT2D eigenvalue weighted by Gasteiger charge is 2.31. The maximum atomic E-state index is 12.1. The van der Waals surface area contributed by atoms with Gasteiger partial charge in [0.15, 0.2) is 0 Å². The lowest BCUT2D eigenvalue weighted by molar-refractivity contribution is 0.0698. The third-order valence-electron chi connectivity index (χ3n) is 2.36. The molecule has 0 amide bonds. The number of hydrogen-bond acceptors (Lipinski definition) is 3. The van der Waals surface area contributed by atoms with E-state index in [0.29, 0.717) is 0 Å². The summed E-state index contributed by atoms with van der Waals surface area (Å²) in [4.78, 5) is 11.2. The topological polar surface area (TPSA) is 83.5 Å². The number of carboxylic acid groups (broad SMARTS) is 1. The SMILES string of the molecule is CC(C)(C)S(=O)(=O)Nc1c(Cl)ccc(Cl)c1C(=O)O. The van der Waals surface area contributed by atoms with Crippen LogP contribution in [0, 0.1) is 0 Å². The van der Waals surface area contributed by atoms with Crippen molar-refractivity contribution >= 4 is 44.9 Å². The first-order valence-electron chi connectivity index (χ1n) is 5.21. The summed E-state index contributed by atoms with van der Waals surface area (Å²) >= 11 is 11.6. The van der Waals surface area contributed by atoms with Crippen molar-refractivity contribution in [2.45, 2.75) is 25.5 Å². The molecule has 0 saturated carbocycles. The zero-order valence-electron chi connectivity index (χ0n) is 10.5. The van der Waals surface area contributed by atoms with Crippen LogP contribution < -0.4 is 4.72 Å². The Morgan fingerprint density at radius 3 is 2.11 bits per heavy atom. The van der Waals surface area contributed by atoms with Crippen LogP contribution >= 0.6 is 23.2 Å². The van der Waals surface area contributed by atoms with Crippen LogP contribution in [-0.2, 0) is 10.0 Å². The molecule has 0 atom stereocenters. The Kier molecular flexibility index (Phi) is 4.39. The molecule has 8 heteroatoms. The fourth-order valence-corrected chi connectivity index (χ4v) is 2.43. The summed E-state index contributed by atoms with van der Waals surface area (Å²) in [7, 11) is -3.80. The fourth-order valence-electron chi connectivity index (χ4n) is 1.15. The number of hydrogen-bond donors (Lipinski definition) is 2. The van der Waals surface area contributed by atoms with Crippen LogP contribution in [0.3, 0.4) is 0 Å². The molecule has 0 aromatic heterocycles. The molecule has 0 fully saturated rings. The third kappa shape index (κ3) is 3.32. The number of aromatic carboxylic acids is 1. The number of benzene rings is 1. The number of nitrogens with one attached hydrogen (secondary N) is 1. The maximum Gasteiger partial charge on any atom is 0.339 e. The Morgan fingerprint density at radius 2 is 1.68 bits per heavy atom. The highest BCUT2D eigenvalue weighted by atomic mass is 35.5. The minimum Gasteiger partial charge on any atom is -0.478 e. The van der Waals surface area contributed by atoms with E-state index >= 15 is 0 Å². The van der Waals surface area contributed by atoms with Crippen LogP contribution in [0.4, 0.5) is 5.69 Å². The van der Waals surface area contributed by atoms with Crippen molar-refractivity contribution in [3.8, 4) is 0 Å². The maximum absolute atomic E-state index is 12.1. The molecule has 2 N–H and O–H groups in total. The average molecular weight is 326 g/mol. The molecule has 5 nitrogen and oxygen atoms in total. The van der Waals surface area contributed by atoms with Gasteiger partial charge in [0.2, 0.25) is 10.0 Å². The average Bonchev–Trinajstić information content (AvgIpc) is 2.21. The summed E-state index contributed by atoms with van der Waals surface area (Å²) in [6.07, 6.45) is 0. The second kappa shape index (κ2) is 5.19. The van der Waals surface area contributed by atoms with E-state index < -0.39 is 20.7 Å². The first kappa shape index (κ1) is 16.1. The van der Waals surface area contributed by atoms with Gasteiger partial charge in [0.05, 0.1) is 20.5 Å². The van der Waals surface area contributed by atoms with Crippen LogP contribution in [0.5, 0.6) is 0 Å². The number of rotatable bonds is 3. The molecular weight excluding hydrogens is 313 g/mol. The smallest absolute Gasteiger partial charge is 0.339 e. The van der Waals surface area contributed by atoms with Gasteiger partial charge in [0.25, 0.3) is 0 Å². The van der Waals surface area contributed by atoms with E-state index in [9.17, 15) is 13.2 Å². The molecule has 0 spiro atoms. The van der Waals surface area contributed by atoms with Gasteiger partial charge in [-0.1, -0.05) is 23.2 Å². The predicted molar refractivity (Wildman–Crippen MR) is 75.7 cm³/mol. The van der Waals surface area contributed by atoms with E-state index in [1.807, 2.05) is 0 Å². The number of carboxylic acids is 1. The summed E-state index contributed by atoms with van der Waals surface area (Å²) in [5.74, 6) is -1.36. The van der Waals surface area contributed by atoms with Gasteiger partial charge in [-0.15, -0.1) is 0 Å². The summed E-state index contributed by atoms with van der Waals surface area (Å²) in [5.41, 5.74) is -0.599. The normalized spacial score (nSPS) is 12.3. The second-order valence-corrected chi connectivity index (χ2v) is 8.05. The molecule has 1 rings (SSSR count). The van der Waals surface area contributed by atoms with E-state index in [1.54, 1.807) is 0 Å². The highest BCUT2D eigenvalue weighted by molar-refractivity contribution is 7.94. The van der Waals surface area contributed by atoms with E-state index in [0.717, 1.165) is 0 Å². The van der Waals surface area contributed by atoms with Crippen molar-refractivity contribution < 1.29 is 18.3 Å². The summed E-state index contributed by atoms with van der Waals surface area (Å²) in [6, 6.07) is 2.62. The molecule has 0 saturated heterocycles. The molecule has 1 aromatic rings. The largest absolute Gasteiger partial charge is 0.478 e. The molecule has 0 radical (unpaired) electrons. The quantitative estimate of drug-likeness (QED) is 0.893. The van der Waals surface area contributed by atoms with E-state index in [4.69, 9.17) is 28.3 Å². The monoisotopic (exact) mass is 325 g/mol. The third-order valence-corrected chi connectivity index (χ3v) is 5.08. The van der Waals surface area contributed by atoms with Gasteiger partial charge in [-0.2, -0.15) is 0 Å². The fraction of sp³-hybridized carbons (Fsp3) is 0.364. The van der Waals surface area contributed by atoms with Gasteiger partial charge >= 0.3 is 5.97 Å². The first-order chi connectivity index (χ1) is 8.47. The molecular formula is C11H13Cl2NO4S. The lowest BCUT2D eigenvalue weighted by atomic mass is 10.2. The Labute approximate surface area is 121 Å². The van der Waals surface area contributed by atoms with Crippen molar-refractivity contribution in [1.29, 1.82) is 0 Å². The summed E-state index contributed by atoms with van der Waals surface area (Å²) < 4.78 is 25.2. The molecule has 0 heterocycles. The zero-order valence-corrected chi connectivity index (χ0v) is 12.8. The Balaban J connectivity index is 3.45. The van der Waals surface area contributed by atoms with Gasteiger partial charge in [0.1, 0.15) is 5.56 Å². The summed E-state index contributed by atoms with van der Waals surface area (Å²) in [6.45, 7) is 4.44. The molecule has 0 aliphatic carbocycles. The Morgan fingerprint density at radius 1 is 1.21 bits per heavy atom. The molecule has 0 bridgehead atoms. The number of carbonyl (C=O) groups is 1. The second-order valence-electron chi connectivity index (χ2n) is 4.80. The molecule has 106 valence electrons. The van der Waals surface area contributed by atoms with Crippen molar-refractivity contribution in [3.05, 3.63) is 27.7 Å². The van der Waals surface area contributed by atoms with Crippen LogP contribution in [0.2, 0.25) is 10.0 Å². The number of halogens is 2. The number of anilines is 1. The molecule has 0 aliphatic rings. The Hall–Kier alpha value is -0.980. The van der Waals surface area contributed by atoms with Crippen molar-refractivity contribution in [2.24, 2.45) is 0 Å². The van der Waals surface area contributed by atoms with Gasteiger partial charge in [-0.3, -0.25) is 4.72 Å². The molecule has 19 heavy (non-hydrogen) atoms. The lowest BCUT2D eigenvalue weighted by Gasteiger charge is -2.22. The summed E-state index contributed by atoms with van der Waals surface area (Å²) in [5, 5.41) is 8.97. The van der Waals surface area contributed by atoms with E-state index in [2.05, 4.69) is 4.72 Å². The first-order valence-corrected chi connectivity index (χ1v) is 7.45. The predicted octanol–water partition coefficient (Wildman–Crippen LogP) is 3.23. The lowest BCUT2D eigenvalue weighted by Crippen LogP contribution is -2.34. The van der Waals surface area contributed by atoms with Crippen LogP contribution in [0.1, 0.15) is 31.1 Å². The Bertz CT molecular complexity index is 620. The van der Waals surface area contributed by atoms with Crippen molar-refractivity contribution in [3.63, 3.8) is 0 Å². The minimum atomic E-state index is -3.80. The molecule has 1 aromatic carbocycles. The van der Waals surface area contributed by atoms with Crippen molar-refractivity contribution in [1.82, 2.24) is 0 Å². The van der Waals surface area contributed by atoms with Crippen LogP contribution in [-0.4, -0.2) is 24.2 Å². The minimum absolute atomic E-state index is 0.0328. The van der Waals surface area contributed by atoms with Gasteiger partial charge in [-0.25, -0.2) is 13.2 Å². The van der Waals surface area contributed by atoms with E-state index in [-0.39, 0.29) is 21.3 Å². The standard InChI is InChI=1S/C11H13Cl2NO4S/c1-11(2,3)19(17,18)14-9-7(13)5-4-6(12)8(9)10(15)16/h4-5,14H,1-3H3,(H,15,16).